The van der Waals surface area contributed by atoms with E-state index in [2.05, 4.69) is 5.32 Å². The summed E-state index contributed by atoms with van der Waals surface area (Å²) in [6.07, 6.45) is 1.22. The number of aromatic nitrogens is 1. The smallest absolute Gasteiger partial charge is 0.408 e. The van der Waals surface area contributed by atoms with Gasteiger partial charge in [-0.05, 0) is 67.9 Å². The molecular formula is C27H24ClF2N3O3. The molecule has 9 heteroatoms. The number of nitrogens with zero attached hydrogens (tertiary/aromatic N) is 2. The molecule has 0 bridgehead atoms. The van der Waals surface area contributed by atoms with Gasteiger partial charge in [-0.2, -0.15) is 0 Å². The van der Waals surface area contributed by atoms with E-state index in [1.165, 1.54) is 23.1 Å². The van der Waals surface area contributed by atoms with Crippen LogP contribution in [0.3, 0.4) is 0 Å². The van der Waals surface area contributed by atoms with Crippen LogP contribution in [0.5, 0.6) is 5.75 Å². The lowest BCUT2D eigenvalue weighted by molar-refractivity contribution is 0.102. The number of nitrogens with one attached hydrogen (secondary N) is 1. The topological polar surface area (TPSA) is 63.6 Å². The summed E-state index contributed by atoms with van der Waals surface area (Å²) < 4.78 is 35.0. The molecule has 0 aliphatic heterocycles. The molecule has 36 heavy (non-hydrogen) atoms. The van der Waals surface area contributed by atoms with Crippen LogP contribution in [-0.4, -0.2) is 34.6 Å². The standard InChI is InChI=1S/C27H24ClF2N3O3/c1-3-32(4-2)27(35)36-24-11-10-23-20(12-13-33(23)16-17-6-5-7-18(29)14-17)25(24)31-26(34)21-15-19(30)8-9-22(21)28/h5-15H,3-4,16H2,1-2H3,(H,31,34). The van der Waals surface area contributed by atoms with Gasteiger partial charge < -0.3 is 19.5 Å². The van der Waals surface area contributed by atoms with Crippen molar-refractivity contribution in [2.45, 2.75) is 20.4 Å². The van der Waals surface area contributed by atoms with E-state index in [0.717, 1.165) is 17.7 Å². The Bertz CT molecular complexity index is 1430. The van der Waals surface area contributed by atoms with Crippen molar-refractivity contribution < 1.29 is 23.1 Å². The number of halogens is 3. The predicted octanol–water partition coefficient (Wildman–Crippen LogP) is 6.71. The Balaban J connectivity index is 1.76. The van der Waals surface area contributed by atoms with E-state index < -0.39 is 17.8 Å². The molecule has 0 saturated heterocycles. The molecule has 1 heterocycles. The number of ether oxygens (including phenoxy) is 1. The van der Waals surface area contributed by atoms with Crippen LogP contribution in [0.2, 0.25) is 5.02 Å². The van der Waals surface area contributed by atoms with E-state index in [9.17, 15) is 18.4 Å². The van der Waals surface area contributed by atoms with Crippen molar-refractivity contribution >= 4 is 40.2 Å². The largest absolute Gasteiger partial charge is 0.415 e. The molecule has 0 aliphatic rings. The molecule has 1 N–H and O–H groups in total. The number of carbonyl (C=O) groups excluding carboxylic acids is 2. The maximum atomic E-state index is 13.8. The van der Waals surface area contributed by atoms with Gasteiger partial charge in [0.05, 0.1) is 21.8 Å². The average Bonchev–Trinajstić information content (AvgIpc) is 3.25. The fourth-order valence-corrected chi connectivity index (χ4v) is 4.13. The third-order valence-corrected chi connectivity index (χ3v) is 6.12. The van der Waals surface area contributed by atoms with Gasteiger partial charge in [-0.25, -0.2) is 13.6 Å². The molecule has 0 atom stereocenters. The molecule has 4 rings (SSSR count). The monoisotopic (exact) mass is 511 g/mol. The quantitative estimate of drug-likeness (QED) is 0.300. The van der Waals surface area contributed by atoms with E-state index in [-0.39, 0.29) is 27.8 Å². The van der Waals surface area contributed by atoms with Crippen LogP contribution in [-0.2, 0) is 6.54 Å². The second kappa shape index (κ2) is 10.8. The molecular weight excluding hydrogens is 488 g/mol. The Hall–Kier alpha value is -3.91. The number of rotatable bonds is 7. The van der Waals surface area contributed by atoms with Gasteiger partial charge in [-0.1, -0.05) is 23.7 Å². The molecule has 0 spiro atoms. The molecule has 4 aromatic rings. The molecule has 0 unspecified atom stereocenters. The van der Waals surface area contributed by atoms with E-state index in [1.807, 2.05) is 24.5 Å². The molecule has 3 aromatic carbocycles. The van der Waals surface area contributed by atoms with Crippen LogP contribution in [0.4, 0.5) is 19.3 Å². The maximum Gasteiger partial charge on any atom is 0.415 e. The summed E-state index contributed by atoms with van der Waals surface area (Å²) in [6.45, 7) is 4.93. The molecule has 6 nitrogen and oxygen atoms in total. The van der Waals surface area contributed by atoms with Gasteiger partial charge in [-0.15, -0.1) is 0 Å². The second-order valence-corrected chi connectivity index (χ2v) is 8.47. The normalized spacial score (nSPS) is 10.9. The highest BCUT2D eigenvalue weighted by molar-refractivity contribution is 6.34. The summed E-state index contributed by atoms with van der Waals surface area (Å²) in [5, 5.41) is 3.40. The molecule has 1 aromatic heterocycles. The summed E-state index contributed by atoms with van der Waals surface area (Å²) in [6, 6.07) is 14.8. The summed E-state index contributed by atoms with van der Waals surface area (Å²) in [7, 11) is 0. The van der Waals surface area contributed by atoms with E-state index in [1.54, 1.807) is 30.5 Å². The van der Waals surface area contributed by atoms with Crippen molar-refractivity contribution in [2.75, 3.05) is 18.4 Å². The Morgan fingerprint density at radius 1 is 1.00 bits per heavy atom. The SMILES string of the molecule is CCN(CC)C(=O)Oc1ccc2c(ccn2Cc2cccc(F)c2)c1NC(=O)c1cc(F)ccc1Cl. The minimum absolute atomic E-state index is 0.0612. The number of benzene rings is 3. The molecule has 0 fully saturated rings. The average molecular weight is 512 g/mol. The van der Waals surface area contributed by atoms with Crippen molar-refractivity contribution in [3.05, 3.63) is 94.6 Å². The third-order valence-electron chi connectivity index (χ3n) is 5.79. The van der Waals surface area contributed by atoms with Crippen LogP contribution >= 0.6 is 11.6 Å². The lowest BCUT2D eigenvalue weighted by Gasteiger charge is -2.20. The van der Waals surface area contributed by atoms with Crippen molar-refractivity contribution in [1.82, 2.24) is 9.47 Å². The van der Waals surface area contributed by atoms with Gasteiger partial charge in [0.2, 0.25) is 0 Å². The number of hydrogen-bond donors (Lipinski definition) is 1. The van der Waals surface area contributed by atoms with E-state index >= 15 is 0 Å². The first kappa shape index (κ1) is 25.2. The number of fused-ring (bicyclic) bond motifs is 1. The van der Waals surface area contributed by atoms with Gasteiger partial charge in [0, 0.05) is 31.2 Å². The van der Waals surface area contributed by atoms with Crippen molar-refractivity contribution in [1.29, 1.82) is 0 Å². The first-order valence-corrected chi connectivity index (χ1v) is 11.8. The first-order chi connectivity index (χ1) is 17.3. The lowest BCUT2D eigenvalue weighted by Crippen LogP contribution is -2.33. The summed E-state index contributed by atoms with van der Waals surface area (Å²) in [5.41, 5.74) is 1.63. The molecule has 0 aliphatic carbocycles. The summed E-state index contributed by atoms with van der Waals surface area (Å²) in [4.78, 5) is 27.3. The van der Waals surface area contributed by atoms with Crippen molar-refractivity contribution in [2.24, 2.45) is 0 Å². The summed E-state index contributed by atoms with van der Waals surface area (Å²) in [5.74, 6) is -1.49. The lowest BCUT2D eigenvalue weighted by atomic mass is 10.1. The van der Waals surface area contributed by atoms with Crippen molar-refractivity contribution in [3.63, 3.8) is 0 Å². The second-order valence-electron chi connectivity index (χ2n) is 8.06. The Kier molecular flexibility index (Phi) is 7.55. The number of hydrogen-bond acceptors (Lipinski definition) is 3. The zero-order valence-corrected chi connectivity index (χ0v) is 20.5. The zero-order chi connectivity index (χ0) is 25.8. The van der Waals surface area contributed by atoms with E-state index in [0.29, 0.717) is 30.5 Å². The Labute approximate surface area is 212 Å². The van der Waals surface area contributed by atoms with Crippen LogP contribution in [0.15, 0.2) is 66.9 Å². The molecule has 0 radical (unpaired) electrons. The molecule has 186 valence electrons. The highest BCUT2D eigenvalue weighted by Crippen LogP contribution is 2.36. The van der Waals surface area contributed by atoms with Gasteiger partial charge in [0.15, 0.2) is 5.75 Å². The zero-order valence-electron chi connectivity index (χ0n) is 19.7. The summed E-state index contributed by atoms with van der Waals surface area (Å²) >= 11 is 6.13. The van der Waals surface area contributed by atoms with Gasteiger partial charge >= 0.3 is 6.09 Å². The number of carbonyl (C=O) groups is 2. The first-order valence-electron chi connectivity index (χ1n) is 11.4. The highest BCUT2D eigenvalue weighted by atomic mass is 35.5. The van der Waals surface area contributed by atoms with Crippen LogP contribution in [0.1, 0.15) is 29.8 Å². The highest BCUT2D eigenvalue weighted by Gasteiger charge is 2.21. The minimum atomic E-state index is -0.662. The Morgan fingerprint density at radius 3 is 2.47 bits per heavy atom. The molecule has 0 saturated carbocycles. The van der Waals surface area contributed by atoms with Crippen molar-refractivity contribution in [3.8, 4) is 5.75 Å². The molecule has 2 amide bonds. The van der Waals surface area contributed by atoms with Gasteiger partial charge in [0.1, 0.15) is 11.6 Å². The predicted molar refractivity (Wildman–Crippen MR) is 136 cm³/mol. The van der Waals surface area contributed by atoms with Gasteiger partial charge in [-0.3, -0.25) is 4.79 Å². The maximum absolute atomic E-state index is 13.8. The number of anilines is 1. The Morgan fingerprint density at radius 2 is 1.75 bits per heavy atom. The van der Waals surface area contributed by atoms with Crippen LogP contribution in [0, 0.1) is 11.6 Å². The van der Waals surface area contributed by atoms with Gasteiger partial charge in [0.25, 0.3) is 5.91 Å². The fourth-order valence-electron chi connectivity index (χ4n) is 3.93. The van der Waals surface area contributed by atoms with E-state index in [4.69, 9.17) is 16.3 Å². The number of amides is 2. The third kappa shape index (κ3) is 5.33. The fraction of sp³-hybridized carbons (Fsp3) is 0.185. The van der Waals surface area contributed by atoms with Crippen LogP contribution < -0.4 is 10.1 Å². The minimum Gasteiger partial charge on any atom is -0.408 e. The van der Waals surface area contributed by atoms with Crippen LogP contribution in [0.25, 0.3) is 10.9 Å².